The van der Waals surface area contributed by atoms with E-state index in [1.807, 2.05) is 25.1 Å². The van der Waals surface area contributed by atoms with Crippen LogP contribution >= 0.6 is 0 Å². The average molecular weight is 377 g/mol. The fourth-order valence-electron chi connectivity index (χ4n) is 2.85. The standard InChI is InChI=1S/C20H23N7O/c1-13(12-28)24-20-23-11-16(18(27-20)10-14-2-3-14)17-6-9-22-19(26-17)25-15-4-7-21-8-5-15/h4-9,11,13-14,28H,2-3,10,12H2,1H3,(H,23,24,27)(H,21,22,25,26)/t13-/m1/s1. The summed E-state index contributed by atoms with van der Waals surface area (Å²) in [6.45, 7) is 1.91. The maximum Gasteiger partial charge on any atom is 0.227 e. The summed E-state index contributed by atoms with van der Waals surface area (Å²) >= 11 is 0. The van der Waals surface area contributed by atoms with Gasteiger partial charge in [-0.05, 0) is 50.3 Å². The first kappa shape index (κ1) is 18.2. The molecule has 1 aliphatic carbocycles. The van der Waals surface area contributed by atoms with Crippen molar-refractivity contribution in [3.8, 4) is 11.3 Å². The predicted octanol–water partition coefficient (Wildman–Crippen LogP) is 2.82. The van der Waals surface area contributed by atoms with Gasteiger partial charge in [-0.15, -0.1) is 0 Å². The van der Waals surface area contributed by atoms with Gasteiger partial charge in [-0.3, -0.25) is 4.98 Å². The summed E-state index contributed by atoms with van der Waals surface area (Å²) in [5.41, 5.74) is 3.54. The van der Waals surface area contributed by atoms with Crippen LogP contribution < -0.4 is 10.6 Å². The molecule has 1 saturated carbocycles. The number of anilines is 3. The Labute approximate surface area is 163 Å². The van der Waals surface area contributed by atoms with Crippen molar-refractivity contribution in [2.75, 3.05) is 17.2 Å². The van der Waals surface area contributed by atoms with Gasteiger partial charge in [0.15, 0.2) is 0 Å². The highest BCUT2D eigenvalue weighted by molar-refractivity contribution is 5.64. The lowest BCUT2D eigenvalue weighted by Gasteiger charge is -2.14. The van der Waals surface area contributed by atoms with E-state index in [1.54, 1.807) is 24.8 Å². The first-order valence-corrected chi connectivity index (χ1v) is 9.45. The summed E-state index contributed by atoms with van der Waals surface area (Å²) < 4.78 is 0. The van der Waals surface area contributed by atoms with Gasteiger partial charge in [-0.2, -0.15) is 0 Å². The molecule has 1 fully saturated rings. The zero-order chi connectivity index (χ0) is 19.3. The topological polar surface area (TPSA) is 109 Å². The number of aromatic nitrogens is 5. The van der Waals surface area contributed by atoms with Crippen LogP contribution in [0.5, 0.6) is 0 Å². The molecule has 0 aromatic carbocycles. The third-order valence-electron chi connectivity index (χ3n) is 4.56. The smallest absolute Gasteiger partial charge is 0.227 e. The van der Waals surface area contributed by atoms with Crippen molar-refractivity contribution in [3.63, 3.8) is 0 Å². The van der Waals surface area contributed by atoms with E-state index in [2.05, 4.69) is 30.6 Å². The van der Waals surface area contributed by atoms with Gasteiger partial charge in [0.2, 0.25) is 11.9 Å². The summed E-state index contributed by atoms with van der Waals surface area (Å²) in [5.74, 6) is 1.72. The van der Waals surface area contributed by atoms with Gasteiger partial charge in [0.25, 0.3) is 0 Å². The molecule has 8 heteroatoms. The van der Waals surface area contributed by atoms with E-state index >= 15 is 0 Å². The van der Waals surface area contributed by atoms with Crippen molar-refractivity contribution >= 4 is 17.6 Å². The molecular formula is C20H23N7O. The molecule has 28 heavy (non-hydrogen) atoms. The molecule has 3 aromatic rings. The summed E-state index contributed by atoms with van der Waals surface area (Å²) in [4.78, 5) is 22.1. The van der Waals surface area contributed by atoms with Crippen LogP contribution in [-0.2, 0) is 6.42 Å². The van der Waals surface area contributed by atoms with Gasteiger partial charge in [0.05, 0.1) is 18.0 Å². The van der Waals surface area contributed by atoms with Crippen molar-refractivity contribution in [2.24, 2.45) is 5.92 Å². The van der Waals surface area contributed by atoms with Crippen LogP contribution in [0.3, 0.4) is 0 Å². The molecular weight excluding hydrogens is 354 g/mol. The maximum absolute atomic E-state index is 9.26. The lowest BCUT2D eigenvalue weighted by Crippen LogP contribution is -2.21. The van der Waals surface area contributed by atoms with Crippen LogP contribution in [0.15, 0.2) is 43.0 Å². The maximum atomic E-state index is 9.26. The molecule has 144 valence electrons. The van der Waals surface area contributed by atoms with Gasteiger partial charge in [-0.1, -0.05) is 0 Å². The number of nitrogens with one attached hydrogen (secondary N) is 2. The minimum absolute atomic E-state index is 0.0268. The number of pyridine rings is 1. The molecule has 3 N–H and O–H groups in total. The van der Waals surface area contributed by atoms with E-state index in [0.29, 0.717) is 17.8 Å². The summed E-state index contributed by atoms with van der Waals surface area (Å²) in [6.07, 6.45) is 10.3. The summed E-state index contributed by atoms with van der Waals surface area (Å²) in [6, 6.07) is 5.49. The lowest BCUT2D eigenvalue weighted by molar-refractivity contribution is 0.281. The molecule has 3 heterocycles. The predicted molar refractivity (Wildman–Crippen MR) is 107 cm³/mol. The highest BCUT2D eigenvalue weighted by atomic mass is 16.3. The van der Waals surface area contributed by atoms with Crippen molar-refractivity contribution in [1.29, 1.82) is 0 Å². The quantitative estimate of drug-likeness (QED) is 0.550. The van der Waals surface area contributed by atoms with Gasteiger partial charge in [0, 0.05) is 42.1 Å². The third-order valence-corrected chi connectivity index (χ3v) is 4.56. The zero-order valence-electron chi connectivity index (χ0n) is 15.7. The summed E-state index contributed by atoms with van der Waals surface area (Å²) in [5, 5.41) is 15.6. The molecule has 0 amide bonds. The molecule has 0 aliphatic heterocycles. The Morgan fingerprint density at radius 1 is 1.07 bits per heavy atom. The van der Waals surface area contributed by atoms with E-state index in [1.165, 1.54) is 12.8 Å². The lowest BCUT2D eigenvalue weighted by atomic mass is 10.1. The van der Waals surface area contributed by atoms with E-state index in [9.17, 15) is 5.11 Å². The van der Waals surface area contributed by atoms with Crippen LogP contribution in [0.1, 0.15) is 25.5 Å². The van der Waals surface area contributed by atoms with Gasteiger partial charge in [-0.25, -0.2) is 19.9 Å². The molecule has 1 aliphatic rings. The summed E-state index contributed by atoms with van der Waals surface area (Å²) in [7, 11) is 0. The molecule has 1 atom stereocenters. The molecule has 0 spiro atoms. The highest BCUT2D eigenvalue weighted by Crippen LogP contribution is 2.35. The fourth-order valence-corrected chi connectivity index (χ4v) is 2.85. The molecule has 0 saturated heterocycles. The number of hydrogen-bond acceptors (Lipinski definition) is 8. The van der Waals surface area contributed by atoms with Gasteiger partial charge in [0.1, 0.15) is 0 Å². The highest BCUT2D eigenvalue weighted by Gasteiger charge is 2.25. The van der Waals surface area contributed by atoms with Crippen molar-refractivity contribution in [1.82, 2.24) is 24.9 Å². The normalized spacial score (nSPS) is 14.5. The van der Waals surface area contributed by atoms with Crippen LogP contribution in [0.4, 0.5) is 17.6 Å². The monoisotopic (exact) mass is 377 g/mol. The fraction of sp³-hybridized carbons (Fsp3) is 0.350. The molecule has 0 unspecified atom stereocenters. The molecule has 8 nitrogen and oxygen atoms in total. The Bertz CT molecular complexity index is 931. The number of rotatable bonds is 8. The minimum Gasteiger partial charge on any atom is -0.394 e. The van der Waals surface area contributed by atoms with E-state index in [4.69, 9.17) is 4.98 Å². The largest absolute Gasteiger partial charge is 0.394 e. The Kier molecular flexibility index (Phi) is 5.38. The van der Waals surface area contributed by atoms with Crippen LogP contribution in [0.25, 0.3) is 11.3 Å². The average Bonchev–Trinajstić information content (AvgIpc) is 3.53. The number of hydrogen-bond donors (Lipinski definition) is 3. The molecule has 3 aromatic heterocycles. The third kappa shape index (κ3) is 4.58. The van der Waals surface area contributed by atoms with E-state index in [0.717, 1.165) is 29.1 Å². The second-order valence-corrected chi connectivity index (χ2v) is 7.06. The first-order chi connectivity index (χ1) is 13.7. The SMILES string of the molecule is C[C@H](CO)Nc1ncc(-c2ccnc(Nc3ccncc3)n2)c(CC2CC2)n1. The second kappa shape index (κ2) is 8.26. The van der Waals surface area contributed by atoms with Gasteiger partial charge >= 0.3 is 0 Å². The molecule has 0 radical (unpaired) electrons. The molecule has 0 bridgehead atoms. The minimum atomic E-state index is -0.102. The van der Waals surface area contributed by atoms with E-state index in [-0.39, 0.29) is 12.6 Å². The Morgan fingerprint density at radius 2 is 1.89 bits per heavy atom. The van der Waals surface area contributed by atoms with E-state index < -0.39 is 0 Å². The van der Waals surface area contributed by atoms with Crippen molar-refractivity contribution < 1.29 is 5.11 Å². The number of nitrogens with zero attached hydrogens (tertiary/aromatic N) is 5. The van der Waals surface area contributed by atoms with Crippen molar-refractivity contribution in [2.45, 2.75) is 32.2 Å². The second-order valence-electron chi connectivity index (χ2n) is 7.06. The first-order valence-electron chi connectivity index (χ1n) is 9.45. The Morgan fingerprint density at radius 3 is 2.64 bits per heavy atom. The van der Waals surface area contributed by atoms with Crippen molar-refractivity contribution in [3.05, 3.63) is 48.7 Å². The van der Waals surface area contributed by atoms with Crippen LogP contribution in [0.2, 0.25) is 0 Å². The number of aliphatic hydroxyl groups is 1. The zero-order valence-corrected chi connectivity index (χ0v) is 15.7. The van der Waals surface area contributed by atoms with Gasteiger partial charge < -0.3 is 15.7 Å². The Hall–Kier alpha value is -3.13. The molecule has 4 rings (SSSR count). The number of aliphatic hydroxyl groups excluding tert-OH is 1. The van der Waals surface area contributed by atoms with Crippen LogP contribution in [0, 0.1) is 5.92 Å². The van der Waals surface area contributed by atoms with Crippen LogP contribution in [-0.4, -0.2) is 42.7 Å². The Balaban J connectivity index is 1.62.